The van der Waals surface area contributed by atoms with Crippen LogP contribution in [-0.2, 0) is 13.1 Å². The van der Waals surface area contributed by atoms with Crippen molar-refractivity contribution in [2.45, 2.75) is 38.9 Å². The quantitative estimate of drug-likeness (QED) is 0.894. The Hall–Kier alpha value is -1.68. The third-order valence-corrected chi connectivity index (χ3v) is 3.50. The van der Waals surface area contributed by atoms with Crippen molar-refractivity contribution in [1.29, 1.82) is 0 Å². The van der Waals surface area contributed by atoms with Crippen molar-refractivity contribution in [3.05, 3.63) is 42.0 Å². The zero-order chi connectivity index (χ0) is 13.2. The molecule has 0 amide bonds. The number of aryl methyl sites for hydroxylation is 1. The first kappa shape index (κ1) is 12.4. The van der Waals surface area contributed by atoms with Gasteiger partial charge in [0.2, 0.25) is 0 Å². The second-order valence-electron chi connectivity index (χ2n) is 5.01. The monoisotopic (exact) mass is 259 g/mol. The summed E-state index contributed by atoms with van der Waals surface area (Å²) in [5.74, 6) is 0.498. The molecular weight excluding hydrogens is 241 g/mol. The van der Waals surface area contributed by atoms with Crippen LogP contribution in [0.4, 0.5) is 4.39 Å². The Kier molecular flexibility index (Phi) is 3.34. The molecule has 19 heavy (non-hydrogen) atoms. The van der Waals surface area contributed by atoms with Crippen molar-refractivity contribution in [3.63, 3.8) is 0 Å². The van der Waals surface area contributed by atoms with Gasteiger partial charge in [-0.3, -0.25) is 0 Å². The van der Waals surface area contributed by atoms with Crippen LogP contribution < -0.4 is 5.32 Å². The molecule has 4 heteroatoms. The normalized spacial score (nSPS) is 14.8. The molecule has 100 valence electrons. The van der Waals surface area contributed by atoms with E-state index in [1.54, 1.807) is 12.3 Å². The Morgan fingerprint density at radius 2 is 2.26 bits per heavy atom. The van der Waals surface area contributed by atoms with E-state index in [2.05, 4.69) is 10.3 Å². The molecule has 1 heterocycles. The topological polar surface area (TPSA) is 29.9 Å². The van der Waals surface area contributed by atoms with E-state index in [0.717, 1.165) is 18.7 Å². The SMILES string of the molecule is CCn1ccnc1-c1ccc(CNC2CC2)cc1F. The number of halogens is 1. The summed E-state index contributed by atoms with van der Waals surface area (Å²) in [6.07, 6.45) is 6.07. The van der Waals surface area contributed by atoms with Gasteiger partial charge in [0.1, 0.15) is 11.6 Å². The van der Waals surface area contributed by atoms with Gasteiger partial charge in [-0.1, -0.05) is 6.07 Å². The standard InChI is InChI=1S/C15H18FN3/c1-2-19-8-7-17-15(19)13-6-3-11(9-14(13)16)10-18-12-4-5-12/h3,6-9,12,18H,2,4-5,10H2,1H3. The summed E-state index contributed by atoms with van der Waals surface area (Å²) < 4.78 is 16.1. The molecule has 0 unspecified atom stereocenters. The van der Waals surface area contributed by atoms with E-state index >= 15 is 0 Å². The first-order valence-corrected chi connectivity index (χ1v) is 6.81. The largest absolute Gasteiger partial charge is 0.331 e. The van der Waals surface area contributed by atoms with Gasteiger partial charge in [-0.2, -0.15) is 0 Å². The zero-order valence-corrected chi connectivity index (χ0v) is 11.1. The Balaban J connectivity index is 1.82. The van der Waals surface area contributed by atoms with Crippen molar-refractivity contribution >= 4 is 0 Å². The maximum absolute atomic E-state index is 14.2. The molecule has 1 aromatic heterocycles. The lowest BCUT2D eigenvalue weighted by molar-refractivity contribution is 0.619. The van der Waals surface area contributed by atoms with Crippen LogP contribution in [0, 0.1) is 5.82 Å². The Bertz CT molecular complexity index is 573. The predicted molar refractivity (Wildman–Crippen MR) is 73.2 cm³/mol. The van der Waals surface area contributed by atoms with Crippen molar-refractivity contribution < 1.29 is 4.39 Å². The number of nitrogens with one attached hydrogen (secondary N) is 1. The van der Waals surface area contributed by atoms with Gasteiger partial charge in [0, 0.05) is 31.5 Å². The van der Waals surface area contributed by atoms with Crippen LogP contribution in [0.25, 0.3) is 11.4 Å². The average molecular weight is 259 g/mol. The molecule has 0 saturated heterocycles. The fourth-order valence-electron chi connectivity index (χ4n) is 2.21. The number of aromatic nitrogens is 2. The highest BCUT2D eigenvalue weighted by molar-refractivity contribution is 5.57. The molecular formula is C15H18FN3. The van der Waals surface area contributed by atoms with Crippen molar-refractivity contribution in [2.24, 2.45) is 0 Å². The van der Waals surface area contributed by atoms with Crippen LogP contribution in [-0.4, -0.2) is 15.6 Å². The van der Waals surface area contributed by atoms with Gasteiger partial charge >= 0.3 is 0 Å². The van der Waals surface area contributed by atoms with Crippen LogP contribution in [0.2, 0.25) is 0 Å². The lowest BCUT2D eigenvalue weighted by Crippen LogP contribution is -2.15. The minimum Gasteiger partial charge on any atom is -0.331 e. The second-order valence-corrected chi connectivity index (χ2v) is 5.01. The molecule has 3 nitrogen and oxygen atoms in total. The molecule has 1 N–H and O–H groups in total. The molecule has 0 atom stereocenters. The molecule has 0 spiro atoms. The Morgan fingerprint density at radius 1 is 1.42 bits per heavy atom. The van der Waals surface area contributed by atoms with Crippen LogP contribution >= 0.6 is 0 Å². The number of imidazole rings is 1. The second kappa shape index (κ2) is 5.13. The van der Waals surface area contributed by atoms with Crippen molar-refractivity contribution in [1.82, 2.24) is 14.9 Å². The summed E-state index contributed by atoms with van der Waals surface area (Å²) in [4.78, 5) is 4.24. The third kappa shape index (κ3) is 2.68. The third-order valence-electron chi connectivity index (χ3n) is 3.50. The summed E-state index contributed by atoms with van der Waals surface area (Å²) >= 11 is 0. The molecule has 0 aliphatic heterocycles. The van der Waals surface area contributed by atoms with Gasteiger partial charge in [0.05, 0.1) is 5.56 Å². The highest BCUT2D eigenvalue weighted by atomic mass is 19.1. The summed E-state index contributed by atoms with van der Waals surface area (Å²) in [5, 5.41) is 3.39. The molecule has 1 aromatic carbocycles. The van der Waals surface area contributed by atoms with Gasteiger partial charge in [-0.25, -0.2) is 9.37 Å². The Labute approximate surface area is 112 Å². The molecule has 0 bridgehead atoms. The van der Waals surface area contributed by atoms with Crippen LogP contribution in [0.15, 0.2) is 30.6 Å². The zero-order valence-electron chi connectivity index (χ0n) is 11.1. The van der Waals surface area contributed by atoms with Crippen LogP contribution in [0.1, 0.15) is 25.3 Å². The van der Waals surface area contributed by atoms with E-state index in [9.17, 15) is 4.39 Å². The van der Waals surface area contributed by atoms with Gasteiger partial charge < -0.3 is 9.88 Å². The molecule has 3 rings (SSSR count). The maximum Gasteiger partial charge on any atom is 0.142 e. The number of rotatable bonds is 5. The number of nitrogens with zero attached hydrogens (tertiary/aromatic N) is 2. The lowest BCUT2D eigenvalue weighted by Gasteiger charge is -2.08. The summed E-state index contributed by atoms with van der Waals surface area (Å²) in [7, 11) is 0. The maximum atomic E-state index is 14.2. The summed E-state index contributed by atoms with van der Waals surface area (Å²) in [6, 6.07) is 6.05. The first-order chi connectivity index (χ1) is 9.28. The van der Waals surface area contributed by atoms with Crippen molar-refractivity contribution in [2.75, 3.05) is 0 Å². The molecule has 1 saturated carbocycles. The summed E-state index contributed by atoms with van der Waals surface area (Å²) in [5.41, 5.74) is 1.56. The van der Waals surface area contributed by atoms with E-state index in [-0.39, 0.29) is 5.82 Å². The fourth-order valence-corrected chi connectivity index (χ4v) is 2.21. The Morgan fingerprint density at radius 3 is 2.95 bits per heavy atom. The molecule has 1 aliphatic carbocycles. The molecule has 1 fully saturated rings. The smallest absolute Gasteiger partial charge is 0.142 e. The van der Waals surface area contributed by atoms with Gasteiger partial charge in [0.25, 0.3) is 0 Å². The molecule has 2 aromatic rings. The van der Waals surface area contributed by atoms with E-state index in [0.29, 0.717) is 17.4 Å². The minimum absolute atomic E-state index is 0.198. The van der Waals surface area contributed by atoms with Crippen molar-refractivity contribution in [3.8, 4) is 11.4 Å². The van der Waals surface area contributed by atoms with E-state index in [1.807, 2.05) is 29.8 Å². The number of benzene rings is 1. The number of hydrogen-bond acceptors (Lipinski definition) is 2. The average Bonchev–Trinajstić information content (AvgIpc) is 3.13. The van der Waals surface area contributed by atoms with Gasteiger partial charge in [-0.15, -0.1) is 0 Å². The summed E-state index contributed by atoms with van der Waals surface area (Å²) in [6.45, 7) is 3.56. The van der Waals surface area contributed by atoms with E-state index in [1.165, 1.54) is 12.8 Å². The minimum atomic E-state index is -0.198. The predicted octanol–water partition coefficient (Wildman–Crippen LogP) is 2.96. The van der Waals surface area contributed by atoms with Crippen LogP contribution in [0.5, 0.6) is 0 Å². The van der Waals surface area contributed by atoms with Gasteiger partial charge in [-0.05, 0) is 37.5 Å². The van der Waals surface area contributed by atoms with E-state index in [4.69, 9.17) is 0 Å². The van der Waals surface area contributed by atoms with Gasteiger partial charge in [0.15, 0.2) is 0 Å². The highest BCUT2D eigenvalue weighted by Crippen LogP contribution is 2.23. The highest BCUT2D eigenvalue weighted by Gasteiger charge is 2.20. The number of hydrogen-bond donors (Lipinski definition) is 1. The molecule has 1 aliphatic rings. The van der Waals surface area contributed by atoms with E-state index < -0.39 is 0 Å². The lowest BCUT2D eigenvalue weighted by atomic mass is 10.1. The fraction of sp³-hybridized carbons (Fsp3) is 0.400. The first-order valence-electron chi connectivity index (χ1n) is 6.81. The molecule has 0 radical (unpaired) electrons. The van der Waals surface area contributed by atoms with Crippen LogP contribution in [0.3, 0.4) is 0 Å².